The third-order valence-corrected chi connectivity index (χ3v) is 4.42. The van der Waals surface area contributed by atoms with E-state index in [1.807, 2.05) is 11.4 Å². The van der Waals surface area contributed by atoms with Crippen LogP contribution in [0.4, 0.5) is 10.1 Å². The highest BCUT2D eigenvalue weighted by molar-refractivity contribution is 7.09. The second-order valence-corrected chi connectivity index (χ2v) is 6.12. The van der Waals surface area contributed by atoms with Gasteiger partial charge >= 0.3 is 0 Å². The minimum atomic E-state index is -0.345. The van der Waals surface area contributed by atoms with Crippen molar-refractivity contribution in [3.05, 3.63) is 52.0 Å². The quantitative estimate of drug-likeness (QED) is 0.386. The molecule has 0 amide bonds. The van der Waals surface area contributed by atoms with Gasteiger partial charge in [0, 0.05) is 16.5 Å². The maximum atomic E-state index is 14.4. The Morgan fingerprint density at radius 3 is 2.81 bits per heavy atom. The highest BCUT2D eigenvalue weighted by Gasteiger charge is 2.31. The van der Waals surface area contributed by atoms with Crippen LogP contribution >= 0.6 is 11.3 Å². The minimum absolute atomic E-state index is 0.0864. The molecule has 4 nitrogen and oxygen atoms in total. The van der Waals surface area contributed by atoms with Crippen molar-refractivity contribution in [3.63, 3.8) is 0 Å². The van der Waals surface area contributed by atoms with E-state index in [-0.39, 0.29) is 11.7 Å². The van der Waals surface area contributed by atoms with Gasteiger partial charge in [-0.3, -0.25) is 0 Å². The molecule has 1 aliphatic rings. The third kappa shape index (κ3) is 3.00. The predicted octanol–water partition coefficient (Wildman–Crippen LogP) is 3.15. The number of oxime groups is 1. The summed E-state index contributed by atoms with van der Waals surface area (Å²) in [5.41, 5.74) is 6.44. The smallest absolute Gasteiger partial charge is 0.170 e. The minimum Gasteiger partial charge on any atom is -0.409 e. The summed E-state index contributed by atoms with van der Waals surface area (Å²) in [6.45, 7) is 0.710. The first kappa shape index (κ1) is 13.9. The van der Waals surface area contributed by atoms with Crippen molar-refractivity contribution in [2.75, 3.05) is 4.90 Å². The first-order chi connectivity index (χ1) is 10.2. The van der Waals surface area contributed by atoms with E-state index < -0.39 is 0 Å². The Balaban J connectivity index is 1.89. The summed E-state index contributed by atoms with van der Waals surface area (Å²) in [6, 6.07) is 9.16. The van der Waals surface area contributed by atoms with E-state index >= 15 is 0 Å². The van der Waals surface area contributed by atoms with Crippen LogP contribution in [-0.2, 0) is 6.54 Å². The summed E-state index contributed by atoms with van der Waals surface area (Å²) in [5, 5.41) is 13.6. The average Bonchev–Trinajstić information content (AvgIpc) is 3.21. The fourth-order valence-electron chi connectivity index (χ4n) is 2.32. The molecule has 1 aromatic heterocycles. The fourth-order valence-corrected chi connectivity index (χ4v) is 3.03. The lowest BCUT2D eigenvalue weighted by Crippen LogP contribution is -2.26. The van der Waals surface area contributed by atoms with Gasteiger partial charge in [-0.05, 0) is 42.5 Å². The number of hydrogen-bond acceptors (Lipinski definition) is 4. The molecule has 0 spiro atoms. The Bertz CT molecular complexity index is 653. The van der Waals surface area contributed by atoms with Gasteiger partial charge in [-0.2, -0.15) is 0 Å². The first-order valence-corrected chi connectivity index (χ1v) is 7.63. The zero-order valence-electron chi connectivity index (χ0n) is 11.4. The second kappa shape index (κ2) is 5.73. The van der Waals surface area contributed by atoms with Gasteiger partial charge in [-0.25, -0.2) is 4.39 Å². The Morgan fingerprint density at radius 1 is 1.43 bits per heavy atom. The maximum absolute atomic E-state index is 14.4. The second-order valence-electron chi connectivity index (χ2n) is 5.09. The monoisotopic (exact) mass is 305 g/mol. The molecule has 1 aliphatic carbocycles. The molecule has 6 heteroatoms. The van der Waals surface area contributed by atoms with Crippen molar-refractivity contribution in [1.82, 2.24) is 0 Å². The SMILES string of the molecule is NC(=NO)c1ccc(N(Cc2cccs2)C2CC2)c(F)c1. The standard InChI is InChI=1S/C15H16FN3OS/c16-13-8-10(15(17)18-20)3-6-14(13)19(11-4-5-11)9-12-2-1-7-21-12/h1-3,6-8,11,20H,4-5,9H2,(H2,17,18). The average molecular weight is 305 g/mol. The van der Waals surface area contributed by atoms with Gasteiger partial charge < -0.3 is 15.8 Å². The highest BCUT2D eigenvalue weighted by Crippen LogP contribution is 2.35. The number of nitrogens with zero attached hydrogens (tertiary/aromatic N) is 2. The Hall–Kier alpha value is -2.08. The molecule has 0 bridgehead atoms. The van der Waals surface area contributed by atoms with E-state index in [1.54, 1.807) is 23.5 Å². The van der Waals surface area contributed by atoms with Crippen molar-refractivity contribution >= 4 is 22.9 Å². The van der Waals surface area contributed by atoms with Crippen LogP contribution < -0.4 is 10.6 Å². The number of halogens is 1. The number of thiophene rings is 1. The van der Waals surface area contributed by atoms with Crippen LogP contribution in [0.2, 0.25) is 0 Å². The van der Waals surface area contributed by atoms with Crippen LogP contribution in [0, 0.1) is 5.82 Å². The van der Waals surface area contributed by atoms with Crippen molar-refractivity contribution in [2.45, 2.75) is 25.4 Å². The lowest BCUT2D eigenvalue weighted by atomic mass is 10.1. The number of nitrogens with two attached hydrogens (primary N) is 1. The molecule has 1 saturated carbocycles. The van der Waals surface area contributed by atoms with Gasteiger partial charge in [0.05, 0.1) is 12.2 Å². The van der Waals surface area contributed by atoms with Crippen molar-refractivity contribution in [3.8, 4) is 0 Å². The van der Waals surface area contributed by atoms with Crippen molar-refractivity contribution in [1.29, 1.82) is 0 Å². The van der Waals surface area contributed by atoms with Crippen molar-refractivity contribution in [2.24, 2.45) is 10.9 Å². The Morgan fingerprint density at radius 2 is 2.24 bits per heavy atom. The summed E-state index contributed by atoms with van der Waals surface area (Å²) >= 11 is 1.67. The topological polar surface area (TPSA) is 61.9 Å². The predicted molar refractivity (Wildman–Crippen MR) is 82.4 cm³/mol. The number of amidine groups is 1. The van der Waals surface area contributed by atoms with Crippen LogP contribution in [-0.4, -0.2) is 17.1 Å². The van der Waals surface area contributed by atoms with Crippen molar-refractivity contribution < 1.29 is 9.60 Å². The van der Waals surface area contributed by atoms with E-state index in [2.05, 4.69) is 16.1 Å². The number of hydrogen-bond donors (Lipinski definition) is 2. The molecule has 21 heavy (non-hydrogen) atoms. The molecule has 1 aromatic carbocycles. The molecular formula is C15H16FN3OS. The molecule has 2 aromatic rings. The van der Waals surface area contributed by atoms with Gasteiger partial charge in [0.15, 0.2) is 5.84 Å². The number of benzene rings is 1. The molecule has 1 heterocycles. The number of anilines is 1. The Kier molecular flexibility index (Phi) is 3.79. The summed E-state index contributed by atoms with van der Waals surface area (Å²) in [7, 11) is 0. The van der Waals surface area contributed by atoms with Crippen LogP contribution in [0.3, 0.4) is 0 Å². The molecule has 110 valence electrons. The summed E-state index contributed by atoms with van der Waals surface area (Å²) in [6.07, 6.45) is 2.18. The largest absolute Gasteiger partial charge is 0.409 e. The lowest BCUT2D eigenvalue weighted by molar-refractivity contribution is 0.318. The molecule has 0 radical (unpaired) electrons. The van der Waals surface area contributed by atoms with E-state index in [9.17, 15) is 4.39 Å². The summed E-state index contributed by atoms with van der Waals surface area (Å²) < 4.78 is 14.4. The molecule has 3 rings (SSSR count). The van der Waals surface area contributed by atoms with E-state index in [1.165, 1.54) is 10.9 Å². The zero-order valence-corrected chi connectivity index (χ0v) is 12.2. The lowest BCUT2D eigenvalue weighted by Gasteiger charge is -2.25. The van der Waals surface area contributed by atoms with E-state index in [4.69, 9.17) is 10.9 Å². The fraction of sp³-hybridized carbons (Fsp3) is 0.267. The maximum Gasteiger partial charge on any atom is 0.170 e. The molecule has 0 saturated heterocycles. The molecule has 1 fully saturated rings. The zero-order chi connectivity index (χ0) is 14.8. The van der Waals surface area contributed by atoms with Crippen LogP contribution in [0.15, 0.2) is 40.9 Å². The van der Waals surface area contributed by atoms with Gasteiger partial charge in [0.2, 0.25) is 0 Å². The normalized spacial score (nSPS) is 15.2. The van der Waals surface area contributed by atoms with Crippen LogP contribution in [0.5, 0.6) is 0 Å². The first-order valence-electron chi connectivity index (χ1n) is 6.75. The van der Waals surface area contributed by atoms with Gasteiger partial charge in [0.25, 0.3) is 0 Å². The highest BCUT2D eigenvalue weighted by atomic mass is 32.1. The number of rotatable bonds is 5. The molecular weight excluding hydrogens is 289 g/mol. The molecule has 0 unspecified atom stereocenters. The molecule has 0 aliphatic heterocycles. The van der Waals surface area contributed by atoms with E-state index in [0.29, 0.717) is 23.8 Å². The van der Waals surface area contributed by atoms with Gasteiger partial charge in [0.1, 0.15) is 5.82 Å². The molecule has 0 atom stereocenters. The van der Waals surface area contributed by atoms with Crippen LogP contribution in [0.25, 0.3) is 0 Å². The molecule has 3 N–H and O–H groups in total. The van der Waals surface area contributed by atoms with Crippen LogP contribution in [0.1, 0.15) is 23.3 Å². The summed E-state index contributed by atoms with van der Waals surface area (Å²) in [4.78, 5) is 3.30. The van der Waals surface area contributed by atoms with Gasteiger partial charge in [-0.1, -0.05) is 11.2 Å². The van der Waals surface area contributed by atoms with E-state index in [0.717, 1.165) is 12.8 Å². The Labute approximate surface area is 126 Å². The summed E-state index contributed by atoms with van der Waals surface area (Å²) in [5.74, 6) is -0.431. The third-order valence-electron chi connectivity index (χ3n) is 3.55. The van der Waals surface area contributed by atoms with Gasteiger partial charge in [-0.15, -0.1) is 11.3 Å².